The van der Waals surface area contributed by atoms with Crippen LogP contribution >= 0.6 is 11.8 Å². The van der Waals surface area contributed by atoms with E-state index in [1.807, 2.05) is 31.2 Å². The molecule has 6 nitrogen and oxygen atoms in total. The van der Waals surface area contributed by atoms with Gasteiger partial charge in [0.1, 0.15) is 17.8 Å². The first-order valence-electron chi connectivity index (χ1n) is 8.51. The predicted molar refractivity (Wildman–Crippen MR) is 101 cm³/mol. The van der Waals surface area contributed by atoms with E-state index in [1.54, 1.807) is 18.4 Å². The molecule has 0 aliphatic heterocycles. The van der Waals surface area contributed by atoms with Gasteiger partial charge in [-0.3, -0.25) is 0 Å². The van der Waals surface area contributed by atoms with Crippen molar-refractivity contribution in [1.29, 1.82) is 0 Å². The smallest absolute Gasteiger partial charge is 0.277 e. The van der Waals surface area contributed by atoms with Gasteiger partial charge in [0, 0.05) is 11.3 Å². The SMILES string of the molecule is Cc1ccc(OCc2nnc(SCc3coc(-c4ccc(F)cc4)n3)o2)cc1. The Bertz CT molecular complexity index is 1050. The Hall–Kier alpha value is -3.13. The van der Waals surface area contributed by atoms with Crippen molar-refractivity contribution in [2.75, 3.05) is 0 Å². The largest absolute Gasteiger partial charge is 0.484 e. The Balaban J connectivity index is 1.31. The third kappa shape index (κ3) is 4.58. The Morgan fingerprint density at radius 3 is 2.61 bits per heavy atom. The van der Waals surface area contributed by atoms with Crippen LogP contribution in [0.1, 0.15) is 17.1 Å². The van der Waals surface area contributed by atoms with Crippen LogP contribution in [0.4, 0.5) is 4.39 Å². The average Bonchev–Trinajstić information content (AvgIpc) is 3.36. The second-order valence-electron chi connectivity index (χ2n) is 6.00. The molecule has 8 heteroatoms. The monoisotopic (exact) mass is 397 g/mol. The Morgan fingerprint density at radius 1 is 1.04 bits per heavy atom. The molecular formula is C20H16FN3O3S. The zero-order valence-corrected chi connectivity index (χ0v) is 15.8. The zero-order chi connectivity index (χ0) is 19.3. The summed E-state index contributed by atoms with van der Waals surface area (Å²) >= 11 is 1.35. The molecule has 0 radical (unpaired) electrons. The standard InChI is InChI=1S/C20H16FN3O3S/c1-13-2-8-17(9-3-13)25-11-18-23-24-20(27-18)28-12-16-10-26-19(22-16)14-4-6-15(21)7-5-14/h2-10H,11-12H2,1H3. The van der Waals surface area contributed by atoms with Crippen LogP contribution in [0.5, 0.6) is 5.75 Å². The summed E-state index contributed by atoms with van der Waals surface area (Å²) in [7, 11) is 0. The van der Waals surface area contributed by atoms with E-state index >= 15 is 0 Å². The first kappa shape index (κ1) is 18.2. The first-order chi connectivity index (χ1) is 13.7. The summed E-state index contributed by atoms with van der Waals surface area (Å²) in [6.45, 7) is 2.22. The molecule has 2 heterocycles. The summed E-state index contributed by atoms with van der Waals surface area (Å²) in [5.74, 6) is 1.78. The number of ether oxygens (including phenoxy) is 1. The van der Waals surface area contributed by atoms with E-state index in [-0.39, 0.29) is 12.4 Å². The van der Waals surface area contributed by atoms with Crippen LogP contribution in [0.25, 0.3) is 11.5 Å². The van der Waals surface area contributed by atoms with E-state index in [0.717, 1.165) is 11.4 Å². The van der Waals surface area contributed by atoms with Gasteiger partial charge in [-0.15, -0.1) is 10.2 Å². The molecule has 2 aromatic heterocycles. The van der Waals surface area contributed by atoms with Gasteiger partial charge < -0.3 is 13.6 Å². The van der Waals surface area contributed by atoms with E-state index in [1.165, 1.54) is 29.5 Å². The number of rotatable bonds is 7. The van der Waals surface area contributed by atoms with Gasteiger partial charge in [0.05, 0.1) is 5.69 Å². The molecule has 0 amide bonds. The molecule has 0 unspecified atom stereocenters. The van der Waals surface area contributed by atoms with Crippen molar-refractivity contribution in [2.45, 2.75) is 24.5 Å². The summed E-state index contributed by atoms with van der Waals surface area (Å²) in [6, 6.07) is 13.7. The van der Waals surface area contributed by atoms with Crippen molar-refractivity contribution >= 4 is 11.8 Å². The molecule has 0 saturated heterocycles. The molecule has 28 heavy (non-hydrogen) atoms. The average molecular weight is 397 g/mol. The van der Waals surface area contributed by atoms with Gasteiger partial charge in [0.25, 0.3) is 11.1 Å². The Morgan fingerprint density at radius 2 is 1.82 bits per heavy atom. The van der Waals surface area contributed by atoms with Crippen LogP contribution in [-0.2, 0) is 12.4 Å². The van der Waals surface area contributed by atoms with E-state index in [4.69, 9.17) is 13.6 Å². The lowest BCUT2D eigenvalue weighted by Gasteiger charge is -2.02. The fraction of sp³-hybridized carbons (Fsp3) is 0.150. The molecule has 0 spiro atoms. The number of nitrogens with zero attached hydrogens (tertiary/aromatic N) is 3. The maximum Gasteiger partial charge on any atom is 0.277 e. The second-order valence-corrected chi connectivity index (χ2v) is 6.93. The molecule has 4 aromatic rings. The normalized spacial score (nSPS) is 10.9. The minimum absolute atomic E-state index is 0.204. The predicted octanol–water partition coefficient (Wildman–Crippen LogP) is 5.04. The quantitative estimate of drug-likeness (QED) is 0.404. The molecule has 0 aliphatic rings. The minimum atomic E-state index is -0.301. The first-order valence-corrected chi connectivity index (χ1v) is 9.49. The zero-order valence-electron chi connectivity index (χ0n) is 15.0. The van der Waals surface area contributed by atoms with Crippen LogP contribution < -0.4 is 4.74 Å². The Kier molecular flexibility index (Phi) is 5.38. The molecule has 0 aliphatic carbocycles. The van der Waals surface area contributed by atoms with Crippen molar-refractivity contribution in [2.24, 2.45) is 0 Å². The lowest BCUT2D eigenvalue weighted by atomic mass is 10.2. The summed E-state index contributed by atoms with van der Waals surface area (Å²) in [5, 5.41) is 8.40. The summed E-state index contributed by atoms with van der Waals surface area (Å²) in [5.41, 5.74) is 2.60. The van der Waals surface area contributed by atoms with Crippen molar-refractivity contribution in [3.05, 3.63) is 77.8 Å². The number of thioether (sulfide) groups is 1. The highest BCUT2D eigenvalue weighted by atomic mass is 32.2. The summed E-state index contributed by atoms with van der Waals surface area (Å²) in [4.78, 5) is 4.39. The maximum absolute atomic E-state index is 13.0. The summed E-state index contributed by atoms with van der Waals surface area (Å²) in [6.07, 6.45) is 1.56. The van der Waals surface area contributed by atoms with Crippen LogP contribution in [0.3, 0.4) is 0 Å². The highest BCUT2D eigenvalue weighted by Crippen LogP contribution is 2.24. The van der Waals surface area contributed by atoms with Crippen molar-refractivity contribution < 1.29 is 18.0 Å². The molecular weight excluding hydrogens is 381 g/mol. The van der Waals surface area contributed by atoms with Gasteiger partial charge in [-0.1, -0.05) is 29.5 Å². The highest BCUT2D eigenvalue weighted by Gasteiger charge is 2.11. The van der Waals surface area contributed by atoms with Gasteiger partial charge in [-0.05, 0) is 43.3 Å². The van der Waals surface area contributed by atoms with Gasteiger partial charge in [0.2, 0.25) is 5.89 Å². The molecule has 2 aromatic carbocycles. The molecule has 0 fully saturated rings. The van der Waals surface area contributed by atoms with E-state index in [2.05, 4.69) is 15.2 Å². The fourth-order valence-electron chi connectivity index (χ4n) is 2.37. The van der Waals surface area contributed by atoms with Crippen molar-refractivity contribution in [3.63, 3.8) is 0 Å². The molecule has 142 valence electrons. The molecule has 0 saturated carbocycles. The van der Waals surface area contributed by atoms with Crippen molar-refractivity contribution in [3.8, 4) is 17.2 Å². The number of oxazole rings is 1. The Labute approximate surface area is 164 Å². The van der Waals surface area contributed by atoms with E-state index in [0.29, 0.717) is 28.3 Å². The van der Waals surface area contributed by atoms with Crippen LogP contribution in [0.15, 0.2) is 68.9 Å². The second kappa shape index (κ2) is 8.26. The minimum Gasteiger partial charge on any atom is -0.484 e. The van der Waals surface area contributed by atoms with E-state index < -0.39 is 0 Å². The molecule has 0 atom stereocenters. The lowest BCUT2D eigenvalue weighted by Crippen LogP contribution is -1.95. The number of hydrogen-bond donors (Lipinski definition) is 0. The fourth-order valence-corrected chi connectivity index (χ4v) is 3.03. The molecule has 0 bridgehead atoms. The number of halogens is 1. The van der Waals surface area contributed by atoms with Gasteiger partial charge >= 0.3 is 0 Å². The number of aromatic nitrogens is 3. The number of benzene rings is 2. The number of hydrogen-bond acceptors (Lipinski definition) is 7. The maximum atomic E-state index is 13.0. The molecule has 0 N–H and O–H groups in total. The third-order valence-electron chi connectivity index (χ3n) is 3.82. The topological polar surface area (TPSA) is 74.2 Å². The molecule has 4 rings (SSSR count). The van der Waals surface area contributed by atoms with Crippen LogP contribution in [0.2, 0.25) is 0 Å². The van der Waals surface area contributed by atoms with Crippen LogP contribution in [-0.4, -0.2) is 15.2 Å². The summed E-state index contributed by atoms with van der Waals surface area (Å²) < 4.78 is 29.6. The van der Waals surface area contributed by atoms with Gasteiger partial charge in [0.15, 0.2) is 6.61 Å². The van der Waals surface area contributed by atoms with E-state index in [9.17, 15) is 4.39 Å². The van der Waals surface area contributed by atoms with Crippen LogP contribution in [0, 0.1) is 12.7 Å². The lowest BCUT2D eigenvalue weighted by molar-refractivity contribution is 0.252. The number of aryl methyl sites for hydroxylation is 1. The van der Waals surface area contributed by atoms with Gasteiger partial charge in [-0.2, -0.15) is 0 Å². The van der Waals surface area contributed by atoms with Crippen molar-refractivity contribution in [1.82, 2.24) is 15.2 Å². The third-order valence-corrected chi connectivity index (χ3v) is 4.67. The highest BCUT2D eigenvalue weighted by molar-refractivity contribution is 7.98. The van der Waals surface area contributed by atoms with Gasteiger partial charge in [-0.25, -0.2) is 9.37 Å².